The number of anilines is 4. The average molecular weight is 444 g/mol. The third kappa shape index (κ3) is 4.21. The second-order valence-corrected chi connectivity index (χ2v) is 10.1. The van der Waals surface area contributed by atoms with Gasteiger partial charge in [-0.3, -0.25) is 4.99 Å². The first-order valence-corrected chi connectivity index (χ1v) is 11.9. The normalized spacial score (nSPS) is 18.5. The van der Waals surface area contributed by atoms with Gasteiger partial charge in [0.1, 0.15) is 5.84 Å². The van der Waals surface area contributed by atoms with Gasteiger partial charge in [0.05, 0.1) is 34.8 Å². The number of hydrogen-bond donors (Lipinski definition) is 2. The van der Waals surface area contributed by atoms with Crippen LogP contribution < -0.4 is 20.4 Å². The Morgan fingerprint density at radius 3 is 2.30 bits per heavy atom. The second-order valence-electron chi connectivity index (χ2n) is 8.41. The predicted octanol–water partition coefficient (Wildman–Crippen LogP) is 5.17. The first kappa shape index (κ1) is 21.2. The zero-order valence-corrected chi connectivity index (χ0v) is 19.7. The Morgan fingerprint density at radius 1 is 1.00 bits per heavy atom. The summed E-state index contributed by atoms with van der Waals surface area (Å²) in [6.07, 6.45) is 2.12. The van der Waals surface area contributed by atoms with E-state index in [1.807, 2.05) is 30.0 Å². The number of benzene rings is 2. The van der Waals surface area contributed by atoms with E-state index in [4.69, 9.17) is 16.6 Å². The van der Waals surface area contributed by atoms with Crippen LogP contribution in [-0.2, 0) is 6.54 Å². The Balaban J connectivity index is 1.73. The maximum absolute atomic E-state index is 6.18. The summed E-state index contributed by atoms with van der Waals surface area (Å²) < 4.78 is 0. The van der Waals surface area contributed by atoms with Gasteiger partial charge >= 0.3 is 0 Å². The first-order valence-electron chi connectivity index (χ1n) is 10.3. The minimum absolute atomic E-state index is 0.139. The van der Waals surface area contributed by atoms with Gasteiger partial charge in [-0.25, -0.2) is 0 Å². The van der Waals surface area contributed by atoms with Gasteiger partial charge in [-0.2, -0.15) is 11.8 Å². The van der Waals surface area contributed by atoms with Gasteiger partial charge in [0.2, 0.25) is 0 Å². The smallest absolute Gasteiger partial charge is 0.127 e. The molecule has 30 heavy (non-hydrogen) atoms. The fraction of sp³-hybridized carbons (Fsp3) is 0.435. The zero-order valence-electron chi connectivity index (χ0n) is 18.1. The molecule has 0 saturated carbocycles. The van der Waals surface area contributed by atoms with Crippen LogP contribution in [0, 0.1) is 0 Å². The molecule has 1 saturated heterocycles. The van der Waals surface area contributed by atoms with Crippen molar-refractivity contribution in [2.45, 2.75) is 24.9 Å². The van der Waals surface area contributed by atoms with Crippen LogP contribution in [-0.4, -0.2) is 51.1 Å². The van der Waals surface area contributed by atoms with E-state index in [9.17, 15) is 0 Å². The Labute approximate surface area is 188 Å². The molecular formula is C23H30ClN5S. The highest BCUT2D eigenvalue weighted by Crippen LogP contribution is 2.43. The zero-order chi connectivity index (χ0) is 21.3. The summed E-state index contributed by atoms with van der Waals surface area (Å²) in [6.45, 7) is 0.616. The van der Waals surface area contributed by atoms with Crippen LogP contribution in [0.4, 0.5) is 22.7 Å². The molecule has 0 bridgehead atoms. The molecule has 2 aliphatic rings. The SMILES string of the molecule is CN(C)c1cc2c(cc1N(C)C)NC1(CCSCC1)C(=NCc1cccc(Cl)c1)N2. The second kappa shape index (κ2) is 8.60. The number of hydrogen-bond acceptors (Lipinski definition) is 5. The summed E-state index contributed by atoms with van der Waals surface area (Å²) in [5.41, 5.74) is 5.60. The summed E-state index contributed by atoms with van der Waals surface area (Å²) in [7, 11) is 8.35. The van der Waals surface area contributed by atoms with Gasteiger partial charge in [0, 0.05) is 33.2 Å². The lowest BCUT2D eigenvalue weighted by atomic mass is 9.87. The molecule has 2 heterocycles. The van der Waals surface area contributed by atoms with Gasteiger partial charge in [0.25, 0.3) is 0 Å². The standard InChI is InChI=1S/C23H30ClN5S/c1-28(2)20-13-18-19(14-21(20)29(3)4)27-23(8-10-30-11-9-23)22(26-18)25-15-16-6-5-7-17(24)12-16/h5-7,12-14,27H,8-11,15H2,1-4H3,(H,25,26). The lowest BCUT2D eigenvalue weighted by molar-refractivity contribution is 0.559. The monoisotopic (exact) mass is 443 g/mol. The number of amidine groups is 1. The number of rotatable bonds is 4. The minimum Gasteiger partial charge on any atom is -0.376 e. The van der Waals surface area contributed by atoms with Crippen molar-refractivity contribution in [2.75, 3.05) is 60.1 Å². The van der Waals surface area contributed by atoms with E-state index >= 15 is 0 Å². The van der Waals surface area contributed by atoms with Crippen molar-refractivity contribution >= 4 is 51.9 Å². The molecule has 0 atom stereocenters. The van der Waals surface area contributed by atoms with Gasteiger partial charge in [-0.05, 0) is 54.2 Å². The summed E-state index contributed by atoms with van der Waals surface area (Å²) in [6, 6.07) is 12.4. The van der Waals surface area contributed by atoms with Crippen molar-refractivity contribution in [1.82, 2.24) is 0 Å². The van der Waals surface area contributed by atoms with Crippen LogP contribution in [0.25, 0.3) is 0 Å². The molecule has 0 radical (unpaired) electrons. The van der Waals surface area contributed by atoms with Crippen LogP contribution in [0.15, 0.2) is 41.4 Å². The molecule has 1 spiro atoms. The van der Waals surface area contributed by atoms with Crippen LogP contribution in [0.5, 0.6) is 0 Å². The molecule has 5 nitrogen and oxygen atoms in total. The molecule has 0 aliphatic carbocycles. The summed E-state index contributed by atoms with van der Waals surface area (Å²) >= 11 is 8.20. The number of fused-ring (bicyclic) bond motifs is 1. The number of thioether (sulfide) groups is 1. The van der Waals surface area contributed by atoms with Gasteiger partial charge in [-0.15, -0.1) is 0 Å². The van der Waals surface area contributed by atoms with Crippen molar-refractivity contribution in [3.05, 3.63) is 47.0 Å². The molecule has 0 amide bonds. The lowest BCUT2D eigenvalue weighted by Crippen LogP contribution is -2.54. The molecule has 160 valence electrons. The maximum atomic E-state index is 6.18. The van der Waals surface area contributed by atoms with Crippen molar-refractivity contribution in [3.8, 4) is 0 Å². The van der Waals surface area contributed by atoms with E-state index in [0.29, 0.717) is 6.54 Å². The molecule has 2 N–H and O–H groups in total. The largest absolute Gasteiger partial charge is 0.376 e. The molecule has 0 aromatic heterocycles. The van der Waals surface area contributed by atoms with Crippen LogP contribution in [0.2, 0.25) is 5.02 Å². The summed E-state index contributed by atoms with van der Waals surface area (Å²) in [5, 5.41) is 8.35. The first-order chi connectivity index (χ1) is 14.4. The highest BCUT2D eigenvalue weighted by molar-refractivity contribution is 7.99. The van der Waals surface area contributed by atoms with Crippen molar-refractivity contribution in [1.29, 1.82) is 0 Å². The molecule has 2 aliphatic heterocycles. The maximum Gasteiger partial charge on any atom is 0.127 e. The molecule has 2 aromatic rings. The van der Waals surface area contributed by atoms with Crippen LogP contribution >= 0.6 is 23.4 Å². The Morgan fingerprint density at radius 2 is 1.67 bits per heavy atom. The number of nitrogens with zero attached hydrogens (tertiary/aromatic N) is 3. The highest BCUT2D eigenvalue weighted by Gasteiger charge is 2.41. The number of nitrogens with one attached hydrogen (secondary N) is 2. The van der Waals surface area contributed by atoms with Gasteiger partial charge in [-0.1, -0.05) is 23.7 Å². The fourth-order valence-corrected chi connectivity index (χ4v) is 5.55. The minimum atomic E-state index is -0.139. The van der Waals surface area contributed by atoms with Crippen LogP contribution in [0.1, 0.15) is 18.4 Å². The molecule has 2 aromatic carbocycles. The summed E-state index contributed by atoms with van der Waals surface area (Å²) in [4.78, 5) is 9.38. The fourth-order valence-electron chi connectivity index (χ4n) is 4.14. The van der Waals surface area contributed by atoms with Crippen molar-refractivity contribution < 1.29 is 0 Å². The highest BCUT2D eigenvalue weighted by atomic mass is 35.5. The number of halogens is 1. The molecular weight excluding hydrogens is 414 g/mol. The topological polar surface area (TPSA) is 42.9 Å². The van der Waals surface area contributed by atoms with E-state index in [1.165, 1.54) is 11.4 Å². The van der Waals surface area contributed by atoms with Crippen molar-refractivity contribution in [2.24, 2.45) is 4.99 Å². The Bertz CT molecular complexity index is 951. The lowest BCUT2D eigenvalue weighted by Gasteiger charge is -2.44. The van der Waals surface area contributed by atoms with Gasteiger partial charge < -0.3 is 20.4 Å². The molecule has 1 fully saturated rings. The van der Waals surface area contributed by atoms with E-state index in [2.05, 4.69) is 66.8 Å². The predicted molar refractivity (Wildman–Crippen MR) is 134 cm³/mol. The number of aliphatic imine (C=N–C) groups is 1. The van der Waals surface area contributed by atoms with Crippen molar-refractivity contribution in [3.63, 3.8) is 0 Å². The van der Waals surface area contributed by atoms with E-state index in [0.717, 1.165) is 52.1 Å². The van der Waals surface area contributed by atoms with Crippen LogP contribution in [0.3, 0.4) is 0 Å². The third-order valence-corrected chi connectivity index (χ3v) is 7.03. The van der Waals surface area contributed by atoms with Gasteiger partial charge in [0.15, 0.2) is 0 Å². The Hall–Kier alpha value is -2.05. The third-order valence-electron chi connectivity index (χ3n) is 5.81. The molecule has 0 unspecified atom stereocenters. The Kier molecular flexibility index (Phi) is 6.07. The van der Waals surface area contributed by atoms with E-state index in [1.54, 1.807) is 0 Å². The quantitative estimate of drug-likeness (QED) is 0.682. The summed E-state index contributed by atoms with van der Waals surface area (Å²) in [5.74, 6) is 3.31. The average Bonchev–Trinajstić information content (AvgIpc) is 2.72. The molecule has 4 rings (SSSR count). The van der Waals surface area contributed by atoms with E-state index < -0.39 is 0 Å². The molecule has 7 heteroatoms. The van der Waals surface area contributed by atoms with E-state index in [-0.39, 0.29) is 5.54 Å².